The highest BCUT2D eigenvalue weighted by Gasteiger charge is 2.35. The van der Waals surface area contributed by atoms with Crippen molar-refractivity contribution >= 4 is 94.2 Å². The minimum absolute atomic E-state index is 0.0893. The number of anilines is 3. The lowest BCUT2D eigenvalue weighted by atomic mass is 9.88. The van der Waals surface area contributed by atoms with Crippen LogP contribution in [0.4, 0.5) is 59.9 Å². The number of nitrogens with one attached hydrogen (secondary N) is 3. The first-order chi connectivity index (χ1) is 32.4. The van der Waals surface area contributed by atoms with E-state index in [9.17, 15) is 38.4 Å². The molecule has 0 unspecified atom stereocenters. The Kier molecular flexibility index (Phi) is 17.3. The zero-order valence-corrected chi connectivity index (χ0v) is 35.9. The number of isocyanates is 5. The number of aryl methyl sites for hydroxylation is 2. The predicted octanol–water partition coefficient (Wildman–Crippen LogP) is 9.97. The lowest BCUT2D eigenvalue weighted by Gasteiger charge is -2.31. The van der Waals surface area contributed by atoms with E-state index in [1.807, 2.05) is 0 Å². The average Bonchev–Trinajstić information content (AvgIpc) is 3.31. The van der Waals surface area contributed by atoms with Crippen LogP contribution in [-0.4, -0.2) is 68.5 Å². The van der Waals surface area contributed by atoms with Gasteiger partial charge in [-0.3, -0.25) is 16.0 Å². The second-order valence-corrected chi connectivity index (χ2v) is 14.4. The second kappa shape index (κ2) is 23.9. The van der Waals surface area contributed by atoms with Crippen LogP contribution in [0.25, 0.3) is 0 Å². The van der Waals surface area contributed by atoms with E-state index in [0.717, 1.165) is 0 Å². The molecule has 20 heteroatoms. The number of aliphatic imine (C=N–C) groups is 5. The van der Waals surface area contributed by atoms with Crippen LogP contribution < -0.4 is 20.7 Å². The molecular formula is C47H38N8O12. The first-order valence-corrected chi connectivity index (χ1v) is 19.9. The van der Waals surface area contributed by atoms with Crippen LogP contribution in [0.1, 0.15) is 35.6 Å². The third-order valence-corrected chi connectivity index (χ3v) is 9.86. The molecule has 20 nitrogen and oxygen atoms in total. The van der Waals surface area contributed by atoms with Gasteiger partial charge in [-0.1, -0.05) is 25.1 Å². The van der Waals surface area contributed by atoms with Gasteiger partial charge in [-0.15, -0.1) is 0 Å². The fourth-order valence-corrected chi connectivity index (χ4v) is 6.11. The van der Waals surface area contributed by atoms with Gasteiger partial charge in [0, 0.05) is 29.0 Å². The van der Waals surface area contributed by atoms with Crippen molar-refractivity contribution in [2.75, 3.05) is 35.8 Å². The summed E-state index contributed by atoms with van der Waals surface area (Å²) in [5.41, 5.74) is 2.93. The van der Waals surface area contributed by atoms with Gasteiger partial charge in [0.15, 0.2) is 0 Å². The number of carbonyl (C=O) groups is 3. The lowest BCUT2D eigenvalue weighted by Crippen LogP contribution is -2.40. The van der Waals surface area contributed by atoms with E-state index in [1.165, 1.54) is 60.7 Å². The molecule has 0 aliphatic heterocycles. The number of carbonyl (C=O) groups excluding carboxylic acids is 8. The number of ether oxygens (including phenoxy) is 4. The molecule has 0 saturated carbocycles. The van der Waals surface area contributed by atoms with E-state index in [1.54, 1.807) is 87.5 Å². The van der Waals surface area contributed by atoms with Crippen molar-refractivity contribution in [2.45, 2.75) is 33.6 Å². The molecule has 0 saturated heterocycles. The van der Waals surface area contributed by atoms with Crippen LogP contribution in [0.3, 0.4) is 0 Å². The third kappa shape index (κ3) is 14.3. The highest BCUT2D eigenvalue weighted by atomic mass is 16.6. The number of benzene rings is 5. The van der Waals surface area contributed by atoms with Crippen molar-refractivity contribution in [2.24, 2.45) is 30.4 Å². The van der Waals surface area contributed by atoms with Crippen molar-refractivity contribution in [3.05, 3.63) is 119 Å². The topological polar surface area (TPSA) is 271 Å². The Morgan fingerprint density at radius 1 is 0.507 bits per heavy atom. The van der Waals surface area contributed by atoms with Gasteiger partial charge in [-0.05, 0) is 116 Å². The fourth-order valence-electron chi connectivity index (χ4n) is 6.11. The van der Waals surface area contributed by atoms with Crippen molar-refractivity contribution < 1.29 is 57.3 Å². The standard InChI is InChI=1S/C47H38N8O12/c1-4-47(22-64-44(61)53-36-8-5-30(2)40(19-36)50-27-58,23-65-45(62)54-37-9-6-31(3)41(20-37)51-28-59)24-66-46(63)55-38-10-7-32(42(21-38)52-29-60)17-33-18-35(49-26-57)13-16-43(33)67-39-14-11-34(12-15-39)48-25-56/h5-16,18-21H,4,17,22-24H2,1-3H3,(H,53,61)(H,54,62)(H,55,63). The van der Waals surface area contributed by atoms with E-state index in [4.69, 9.17) is 18.9 Å². The maximum Gasteiger partial charge on any atom is 0.411 e. The molecule has 5 aromatic rings. The van der Waals surface area contributed by atoms with E-state index in [-0.39, 0.29) is 52.7 Å². The molecule has 67 heavy (non-hydrogen) atoms. The molecule has 0 aromatic heterocycles. The molecule has 3 amide bonds. The number of nitrogens with zero attached hydrogens (tertiary/aromatic N) is 5. The Bertz CT molecular complexity index is 2820. The van der Waals surface area contributed by atoms with Crippen LogP contribution >= 0.6 is 0 Å². The van der Waals surface area contributed by atoms with Gasteiger partial charge in [0.2, 0.25) is 30.4 Å². The van der Waals surface area contributed by atoms with Crippen molar-refractivity contribution in [1.29, 1.82) is 0 Å². The summed E-state index contributed by atoms with van der Waals surface area (Å²) in [6, 6.07) is 24.7. The molecule has 0 bridgehead atoms. The average molecular weight is 907 g/mol. The molecule has 0 atom stereocenters. The molecule has 3 N–H and O–H groups in total. The SMILES string of the molecule is CCC(COC(=O)Nc1ccc(C)c(N=C=O)c1)(COC(=O)Nc1ccc(C)c(N=C=O)c1)COC(=O)Nc1ccc(Cc2cc(N=C=O)ccc2Oc2ccc(N=C=O)cc2)c(N=C=O)c1. The summed E-state index contributed by atoms with van der Waals surface area (Å²) in [5, 5.41) is 7.65. The zero-order chi connectivity index (χ0) is 48.2. The van der Waals surface area contributed by atoms with E-state index < -0.39 is 43.5 Å². The smallest absolute Gasteiger partial charge is 0.411 e. The highest BCUT2D eigenvalue weighted by molar-refractivity contribution is 5.87. The highest BCUT2D eigenvalue weighted by Crippen LogP contribution is 2.35. The molecular weight excluding hydrogens is 869 g/mol. The molecule has 5 rings (SSSR count). The van der Waals surface area contributed by atoms with Gasteiger partial charge in [-0.2, -0.15) is 25.0 Å². The van der Waals surface area contributed by atoms with Gasteiger partial charge in [-0.25, -0.2) is 38.4 Å². The quantitative estimate of drug-likeness (QED) is 0.0397. The van der Waals surface area contributed by atoms with Gasteiger partial charge in [0.05, 0.1) is 33.9 Å². The van der Waals surface area contributed by atoms with E-state index in [0.29, 0.717) is 39.4 Å². The van der Waals surface area contributed by atoms with Crippen molar-refractivity contribution in [3.8, 4) is 11.5 Å². The lowest BCUT2D eigenvalue weighted by molar-refractivity contribution is -0.0104. The van der Waals surface area contributed by atoms with Crippen LogP contribution in [-0.2, 0) is 44.6 Å². The molecule has 0 fully saturated rings. The monoisotopic (exact) mass is 906 g/mol. The normalized spacial score (nSPS) is 10.9. The van der Waals surface area contributed by atoms with Crippen LogP contribution in [0.15, 0.2) is 122 Å². The Labute approximate surface area is 381 Å². The first kappa shape index (κ1) is 48.6. The zero-order valence-electron chi connectivity index (χ0n) is 35.9. The Hall–Kier alpha value is -9.39. The van der Waals surface area contributed by atoms with Gasteiger partial charge < -0.3 is 18.9 Å². The summed E-state index contributed by atoms with van der Waals surface area (Å²) in [6.07, 6.45) is 4.77. The molecule has 0 radical (unpaired) electrons. The molecule has 0 spiro atoms. The van der Waals surface area contributed by atoms with Crippen LogP contribution in [0.5, 0.6) is 11.5 Å². The summed E-state index contributed by atoms with van der Waals surface area (Å²) < 4.78 is 22.8. The third-order valence-electron chi connectivity index (χ3n) is 9.86. The second-order valence-electron chi connectivity index (χ2n) is 14.4. The number of hydrogen-bond acceptors (Lipinski definition) is 17. The summed E-state index contributed by atoms with van der Waals surface area (Å²) in [4.78, 5) is 113. The largest absolute Gasteiger partial charge is 0.457 e. The Morgan fingerprint density at radius 3 is 1.42 bits per heavy atom. The molecule has 0 aliphatic rings. The van der Waals surface area contributed by atoms with Crippen molar-refractivity contribution in [1.82, 2.24) is 0 Å². The molecule has 338 valence electrons. The maximum atomic E-state index is 13.3. The predicted molar refractivity (Wildman–Crippen MR) is 241 cm³/mol. The summed E-state index contributed by atoms with van der Waals surface area (Å²) >= 11 is 0. The Morgan fingerprint density at radius 2 is 0.940 bits per heavy atom. The number of amides is 3. The van der Waals surface area contributed by atoms with Crippen molar-refractivity contribution in [3.63, 3.8) is 0 Å². The first-order valence-electron chi connectivity index (χ1n) is 19.9. The molecule has 0 aliphatic carbocycles. The van der Waals surface area contributed by atoms with E-state index >= 15 is 0 Å². The molecule has 5 aromatic carbocycles. The summed E-state index contributed by atoms with van der Waals surface area (Å²) in [7, 11) is 0. The number of hydrogen-bond donors (Lipinski definition) is 3. The molecule has 0 heterocycles. The van der Waals surface area contributed by atoms with Gasteiger partial charge in [0.1, 0.15) is 31.3 Å². The summed E-state index contributed by atoms with van der Waals surface area (Å²) in [5.74, 6) is 0.748. The maximum absolute atomic E-state index is 13.3. The van der Waals surface area contributed by atoms with Gasteiger partial charge in [0.25, 0.3) is 0 Å². The van der Waals surface area contributed by atoms with Crippen LogP contribution in [0.2, 0.25) is 0 Å². The fraction of sp³-hybridized carbons (Fsp3) is 0.191. The minimum atomic E-state index is -1.32. The van der Waals surface area contributed by atoms with Gasteiger partial charge >= 0.3 is 18.3 Å². The number of rotatable bonds is 19. The summed E-state index contributed by atoms with van der Waals surface area (Å²) in [6.45, 7) is 3.81. The Balaban J connectivity index is 1.32. The van der Waals surface area contributed by atoms with Crippen LogP contribution in [0, 0.1) is 19.3 Å². The minimum Gasteiger partial charge on any atom is -0.457 e. The van der Waals surface area contributed by atoms with E-state index in [2.05, 4.69) is 40.9 Å².